The van der Waals surface area contributed by atoms with Gasteiger partial charge in [-0.05, 0) is 25.0 Å². The molecule has 1 aromatic heterocycles. The lowest BCUT2D eigenvalue weighted by molar-refractivity contribution is -0.0494. The molecule has 18 heavy (non-hydrogen) atoms. The molecule has 4 nitrogen and oxygen atoms in total. The van der Waals surface area contributed by atoms with Crippen LogP contribution in [0.3, 0.4) is 0 Å². The van der Waals surface area contributed by atoms with Gasteiger partial charge in [-0.1, -0.05) is 0 Å². The molecular formula is C14H17N3O. The number of hydrogen-bond acceptors (Lipinski definition) is 3. The summed E-state index contributed by atoms with van der Waals surface area (Å²) < 4.78 is 7.93. The van der Waals surface area contributed by atoms with Crippen molar-refractivity contribution in [3.63, 3.8) is 0 Å². The number of fused-ring (bicyclic) bond motifs is 1. The first kappa shape index (κ1) is 10.4. The van der Waals surface area contributed by atoms with E-state index in [2.05, 4.69) is 22.5 Å². The molecule has 0 radical (unpaired) electrons. The van der Waals surface area contributed by atoms with Crippen LogP contribution >= 0.6 is 0 Å². The summed E-state index contributed by atoms with van der Waals surface area (Å²) in [6.45, 7) is 2.35. The van der Waals surface area contributed by atoms with Gasteiger partial charge in [0.05, 0.1) is 17.8 Å². The van der Waals surface area contributed by atoms with Crippen LogP contribution in [-0.2, 0) is 7.05 Å². The predicted molar refractivity (Wildman–Crippen MR) is 69.7 cm³/mol. The first-order chi connectivity index (χ1) is 8.74. The van der Waals surface area contributed by atoms with Crippen LogP contribution in [0.5, 0.6) is 5.75 Å². The smallest absolute Gasteiger partial charge is 0.121 e. The van der Waals surface area contributed by atoms with Gasteiger partial charge in [0.2, 0.25) is 0 Å². The normalized spacial score (nSPS) is 21.8. The maximum absolute atomic E-state index is 6.05. The molecule has 1 N–H and O–H groups in total. The molecule has 1 saturated carbocycles. The zero-order valence-corrected chi connectivity index (χ0v) is 10.5. The highest BCUT2D eigenvalue weighted by molar-refractivity contribution is 5.79. The SMILES string of the molecule is Cn1ncc2ccc(OC3CC4(CNC4)C3)cc21. The fourth-order valence-corrected chi connectivity index (χ4v) is 3.15. The Morgan fingerprint density at radius 2 is 2.22 bits per heavy atom. The summed E-state index contributed by atoms with van der Waals surface area (Å²) in [4.78, 5) is 0. The minimum absolute atomic E-state index is 0.401. The average molecular weight is 243 g/mol. The highest BCUT2D eigenvalue weighted by Crippen LogP contribution is 2.45. The van der Waals surface area contributed by atoms with Gasteiger partial charge in [0, 0.05) is 37.0 Å². The van der Waals surface area contributed by atoms with E-state index in [4.69, 9.17) is 4.74 Å². The second kappa shape index (κ2) is 3.48. The molecule has 1 spiro atoms. The number of rotatable bonds is 2. The molecule has 1 aromatic carbocycles. The van der Waals surface area contributed by atoms with Crippen molar-refractivity contribution in [2.45, 2.75) is 18.9 Å². The third-order valence-corrected chi connectivity index (χ3v) is 4.34. The zero-order valence-electron chi connectivity index (χ0n) is 10.5. The zero-order chi connectivity index (χ0) is 12.2. The molecule has 0 bridgehead atoms. The number of ether oxygens (including phenoxy) is 1. The molecule has 2 heterocycles. The van der Waals surface area contributed by atoms with Crippen LogP contribution in [0, 0.1) is 5.41 Å². The highest BCUT2D eigenvalue weighted by atomic mass is 16.5. The maximum atomic E-state index is 6.05. The summed E-state index contributed by atoms with van der Waals surface area (Å²) in [6.07, 6.45) is 4.68. The highest BCUT2D eigenvalue weighted by Gasteiger charge is 2.49. The molecule has 1 saturated heterocycles. The van der Waals surface area contributed by atoms with Crippen LogP contribution in [0.1, 0.15) is 12.8 Å². The van der Waals surface area contributed by atoms with Gasteiger partial charge in [-0.3, -0.25) is 4.68 Å². The third kappa shape index (κ3) is 1.45. The van der Waals surface area contributed by atoms with Crippen LogP contribution in [0.4, 0.5) is 0 Å². The molecule has 1 aliphatic heterocycles. The summed E-state index contributed by atoms with van der Waals surface area (Å²) in [5, 5.41) is 8.76. The summed E-state index contributed by atoms with van der Waals surface area (Å²) in [7, 11) is 1.96. The van der Waals surface area contributed by atoms with E-state index in [1.165, 1.54) is 25.9 Å². The van der Waals surface area contributed by atoms with Gasteiger partial charge in [0.15, 0.2) is 0 Å². The quantitative estimate of drug-likeness (QED) is 0.872. The molecule has 0 unspecified atom stereocenters. The molecule has 94 valence electrons. The van der Waals surface area contributed by atoms with Gasteiger partial charge in [-0.2, -0.15) is 5.10 Å². The molecule has 0 atom stereocenters. The Morgan fingerprint density at radius 1 is 1.39 bits per heavy atom. The number of nitrogens with zero attached hydrogens (tertiary/aromatic N) is 2. The Labute approximate surface area is 106 Å². The molecule has 2 aliphatic rings. The largest absolute Gasteiger partial charge is 0.490 e. The number of nitrogens with one attached hydrogen (secondary N) is 1. The number of hydrogen-bond donors (Lipinski definition) is 1. The number of aryl methyl sites for hydroxylation is 1. The van der Waals surface area contributed by atoms with Crippen molar-refractivity contribution in [1.82, 2.24) is 15.1 Å². The van der Waals surface area contributed by atoms with E-state index in [0.29, 0.717) is 11.5 Å². The molecule has 2 aromatic rings. The summed E-state index contributed by atoms with van der Waals surface area (Å²) >= 11 is 0. The van der Waals surface area contributed by atoms with Crippen LogP contribution in [0.25, 0.3) is 10.9 Å². The molecular weight excluding hydrogens is 226 g/mol. The van der Waals surface area contributed by atoms with E-state index >= 15 is 0 Å². The van der Waals surface area contributed by atoms with Crippen LogP contribution in [0.2, 0.25) is 0 Å². The van der Waals surface area contributed by atoms with E-state index in [1.54, 1.807) is 0 Å². The number of aromatic nitrogens is 2. The van der Waals surface area contributed by atoms with Crippen molar-refractivity contribution < 1.29 is 4.74 Å². The third-order valence-electron chi connectivity index (χ3n) is 4.34. The van der Waals surface area contributed by atoms with Crippen molar-refractivity contribution >= 4 is 10.9 Å². The van der Waals surface area contributed by atoms with E-state index < -0.39 is 0 Å². The molecule has 4 rings (SSSR count). The standard InChI is InChI=1S/C14H17N3O/c1-17-13-4-11(3-2-10(13)7-16-17)18-12-5-14(6-12)8-15-9-14/h2-4,7,12,15H,5-6,8-9H2,1H3. The van der Waals surface area contributed by atoms with Crippen LogP contribution in [0.15, 0.2) is 24.4 Å². The van der Waals surface area contributed by atoms with E-state index in [-0.39, 0.29) is 0 Å². The first-order valence-corrected chi connectivity index (χ1v) is 6.53. The topological polar surface area (TPSA) is 39.1 Å². The van der Waals surface area contributed by atoms with Crippen molar-refractivity contribution in [3.05, 3.63) is 24.4 Å². The second-order valence-electron chi connectivity index (χ2n) is 5.74. The average Bonchev–Trinajstić information content (AvgIpc) is 2.62. The summed E-state index contributed by atoms with van der Waals surface area (Å²) in [6, 6.07) is 6.22. The van der Waals surface area contributed by atoms with Crippen molar-refractivity contribution in [3.8, 4) is 5.75 Å². The summed E-state index contributed by atoms with van der Waals surface area (Å²) in [5.74, 6) is 0.971. The lowest BCUT2D eigenvalue weighted by Gasteiger charge is -2.53. The molecule has 4 heteroatoms. The van der Waals surface area contributed by atoms with Gasteiger partial charge in [-0.15, -0.1) is 0 Å². The van der Waals surface area contributed by atoms with Crippen molar-refractivity contribution in [2.24, 2.45) is 12.5 Å². The van der Waals surface area contributed by atoms with E-state index in [1.807, 2.05) is 24.0 Å². The van der Waals surface area contributed by atoms with Gasteiger partial charge < -0.3 is 10.1 Å². The fourth-order valence-electron chi connectivity index (χ4n) is 3.15. The molecule has 2 fully saturated rings. The first-order valence-electron chi connectivity index (χ1n) is 6.53. The minimum atomic E-state index is 0.401. The lowest BCUT2D eigenvalue weighted by Crippen LogP contribution is -2.62. The Bertz CT molecular complexity index is 592. The van der Waals surface area contributed by atoms with Gasteiger partial charge >= 0.3 is 0 Å². The Morgan fingerprint density at radius 3 is 2.94 bits per heavy atom. The van der Waals surface area contributed by atoms with E-state index in [9.17, 15) is 0 Å². The monoisotopic (exact) mass is 243 g/mol. The second-order valence-corrected chi connectivity index (χ2v) is 5.74. The van der Waals surface area contributed by atoms with Crippen molar-refractivity contribution in [2.75, 3.05) is 13.1 Å². The Balaban J connectivity index is 1.51. The van der Waals surface area contributed by atoms with Crippen molar-refractivity contribution in [1.29, 1.82) is 0 Å². The van der Waals surface area contributed by atoms with Crippen LogP contribution < -0.4 is 10.1 Å². The van der Waals surface area contributed by atoms with E-state index in [0.717, 1.165) is 16.7 Å². The number of benzene rings is 1. The van der Waals surface area contributed by atoms with Gasteiger partial charge in [-0.25, -0.2) is 0 Å². The van der Waals surface area contributed by atoms with Gasteiger partial charge in [0.25, 0.3) is 0 Å². The molecule has 1 aliphatic carbocycles. The maximum Gasteiger partial charge on any atom is 0.121 e. The van der Waals surface area contributed by atoms with Gasteiger partial charge in [0.1, 0.15) is 5.75 Å². The Kier molecular flexibility index (Phi) is 2.01. The lowest BCUT2D eigenvalue weighted by atomic mass is 9.63. The Hall–Kier alpha value is -1.55. The summed E-state index contributed by atoms with van der Waals surface area (Å²) in [5.41, 5.74) is 1.70. The minimum Gasteiger partial charge on any atom is -0.490 e. The predicted octanol–water partition coefficient (Wildman–Crippen LogP) is 1.70. The van der Waals surface area contributed by atoms with Crippen LogP contribution in [-0.4, -0.2) is 29.0 Å². The molecule has 0 amide bonds. The fraction of sp³-hybridized carbons (Fsp3) is 0.500.